The molecule has 1 aromatic heterocycles. The minimum Gasteiger partial charge on any atom is -0.322 e. The summed E-state index contributed by atoms with van der Waals surface area (Å²) in [6, 6.07) is 6.73. The number of benzene rings is 1. The third-order valence-electron chi connectivity index (χ3n) is 2.78. The van der Waals surface area contributed by atoms with E-state index in [0.29, 0.717) is 5.56 Å². The Morgan fingerprint density at radius 2 is 2.11 bits per heavy atom. The van der Waals surface area contributed by atoms with Gasteiger partial charge in [0.1, 0.15) is 5.82 Å². The fourth-order valence-corrected chi connectivity index (χ4v) is 4.36. The second-order valence-electron chi connectivity index (χ2n) is 4.31. The molecule has 0 spiro atoms. The lowest BCUT2D eigenvalue weighted by Gasteiger charge is -2.12. The average molecular weight is 299 g/mol. The largest absolute Gasteiger partial charge is 0.322 e. The number of sulfone groups is 1. The highest BCUT2D eigenvalue weighted by molar-refractivity contribution is 7.91. The summed E-state index contributed by atoms with van der Waals surface area (Å²) in [5.41, 5.74) is 6.30. The second-order valence-corrected chi connectivity index (χ2v) is 7.30. The van der Waals surface area contributed by atoms with Gasteiger partial charge in [-0.15, -0.1) is 11.3 Å². The Hall–Kier alpha value is -1.24. The highest BCUT2D eigenvalue weighted by Crippen LogP contribution is 2.23. The fraction of sp³-hybridized carbons (Fsp3) is 0.231. The number of hydrogen-bond acceptors (Lipinski definition) is 4. The topological polar surface area (TPSA) is 60.2 Å². The quantitative estimate of drug-likeness (QED) is 0.883. The van der Waals surface area contributed by atoms with Crippen LogP contribution in [-0.4, -0.2) is 14.2 Å². The van der Waals surface area contributed by atoms with E-state index < -0.39 is 21.7 Å². The van der Waals surface area contributed by atoms with Crippen molar-refractivity contribution in [3.8, 4) is 0 Å². The lowest BCUT2D eigenvalue weighted by molar-refractivity contribution is 0.587. The van der Waals surface area contributed by atoms with Gasteiger partial charge in [0.2, 0.25) is 0 Å². The first kappa shape index (κ1) is 14.2. The van der Waals surface area contributed by atoms with Gasteiger partial charge in [-0.25, -0.2) is 12.8 Å². The summed E-state index contributed by atoms with van der Waals surface area (Å²) in [7, 11) is -3.52. The maximum Gasteiger partial charge on any atom is 0.180 e. The van der Waals surface area contributed by atoms with Crippen LogP contribution < -0.4 is 5.73 Å². The van der Waals surface area contributed by atoms with Gasteiger partial charge in [-0.3, -0.25) is 0 Å². The molecule has 3 nitrogen and oxygen atoms in total. The summed E-state index contributed by atoms with van der Waals surface area (Å²) in [5, 5.41) is 1.85. The molecule has 1 atom stereocenters. The second kappa shape index (κ2) is 5.40. The van der Waals surface area contributed by atoms with Crippen molar-refractivity contribution in [2.75, 3.05) is 5.75 Å². The van der Waals surface area contributed by atoms with E-state index in [2.05, 4.69) is 0 Å². The first-order valence-corrected chi connectivity index (χ1v) is 8.21. The Morgan fingerprint density at radius 3 is 2.68 bits per heavy atom. The third kappa shape index (κ3) is 3.20. The van der Waals surface area contributed by atoms with Gasteiger partial charge in [-0.1, -0.05) is 6.07 Å². The highest BCUT2D eigenvalue weighted by Gasteiger charge is 2.22. The van der Waals surface area contributed by atoms with Crippen LogP contribution in [0.15, 0.2) is 40.6 Å². The lowest BCUT2D eigenvalue weighted by Crippen LogP contribution is -2.21. The van der Waals surface area contributed by atoms with Crippen LogP contribution in [0.3, 0.4) is 0 Å². The molecule has 0 aliphatic rings. The monoisotopic (exact) mass is 299 g/mol. The predicted molar refractivity (Wildman–Crippen MR) is 74.4 cm³/mol. The average Bonchev–Trinajstić information content (AvgIpc) is 2.80. The Bertz CT molecular complexity index is 666. The number of halogens is 1. The summed E-state index contributed by atoms with van der Waals surface area (Å²) in [5.74, 6) is -0.626. The molecule has 19 heavy (non-hydrogen) atoms. The molecule has 0 aliphatic heterocycles. The van der Waals surface area contributed by atoms with Gasteiger partial charge >= 0.3 is 0 Å². The molecule has 0 radical (unpaired) electrons. The molecule has 2 N–H and O–H groups in total. The minimum atomic E-state index is -3.52. The molecule has 0 saturated heterocycles. The molecule has 6 heteroatoms. The van der Waals surface area contributed by atoms with Crippen LogP contribution in [0.25, 0.3) is 0 Å². The number of nitrogens with two attached hydrogens (primary N) is 1. The van der Waals surface area contributed by atoms with Gasteiger partial charge in [0.25, 0.3) is 0 Å². The van der Waals surface area contributed by atoms with E-state index in [9.17, 15) is 12.8 Å². The van der Waals surface area contributed by atoms with Crippen LogP contribution in [0, 0.1) is 12.7 Å². The first-order chi connectivity index (χ1) is 8.90. The lowest BCUT2D eigenvalue weighted by atomic mass is 10.2. The van der Waals surface area contributed by atoms with Crippen molar-refractivity contribution in [1.82, 2.24) is 0 Å². The van der Waals surface area contributed by atoms with E-state index in [1.165, 1.54) is 23.5 Å². The van der Waals surface area contributed by atoms with E-state index in [4.69, 9.17) is 5.73 Å². The molecule has 1 aromatic carbocycles. The van der Waals surface area contributed by atoms with Crippen molar-refractivity contribution >= 4 is 21.2 Å². The zero-order valence-corrected chi connectivity index (χ0v) is 12.0. The van der Waals surface area contributed by atoms with Gasteiger partial charge in [0, 0.05) is 4.88 Å². The molecule has 2 rings (SSSR count). The van der Waals surface area contributed by atoms with Crippen LogP contribution in [-0.2, 0) is 9.84 Å². The molecule has 0 saturated carbocycles. The van der Waals surface area contributed by atoms with Gasteiger partial charge in [-0.2, -0.15) is 0 Å². The van der Waals surface area contributed by atoms with E-state index >= 15 is 0 Å². The van der Waals surface area contributed by atoms with Crippen LogP contribution in [0.4, 0.5) is 4.39 Å². The molecule has 0 bridgehead atoms. The van der Waals surface area contributed by atoms with E-state index in [-0.39, 0.29) is 10.6 Å². The van der Waals surface area contributed by atoms with Crippen LogP contribution in [0.2, 0.25) is 0 Å². The zero-order valence-electron chi connectivity index (χ0n) is 10.3. The van der Waals surface area contributed by atoms with Crippen molar-refractivity contribution in [2.24, 2.45) is 5.73 Å². The van der Waals surface area contributed by atoms with Gasteiger partial charge < -0.3 is 5.73 Å². The van der Waals surface area contributed by atoms with E-state index in [0.717, 1.165) is 10.9 Å². The number of thiophene rings is 1. The maximum atomic E-state index is 13.0. The standard InChI is InChI=1S/C13H14FNO2S2/c1-9-7-10(14)4-5-13(9)19(16,17)8-11(15)12-3-2-6-18-12/h2-7,11H,8,15H2,1H3. The Balaban J connectivity index is 2.28. The Kier molecular flexibility index (Phi) is 4.03. The van der Waals surface area contributed by atoms with Crippen molar-refractivity contribution < 1.29 is 12.8 Å². The van der Waals surface area contributed by atoms with Crippen LogP contribution >= 0.6 is 11.3 Å². The molecular formula is C13H14FNO2S2. The minimum absolute atomic E-state index is 0.140. The predicted octanol–water partition coefficient (Wildman–Crippen LogP) is 2.67. The molecule has 0 fully saturated rings. The Labute approximate surface area is 115 Å². The summed E-state index contributed by atoms with van der Waals surface area (Å²) < 4.78 is 37.5. The maximum absolute atomic E-state index is 13.0. The summed E-state index contributed by atoms with van der Waals surface area (Å²) >= 11 is 1.42. The summed E-state index contributed by atoms with van der Waals surface area (Å²) in [6.07, 6.45) is 0. The van der Waals surface area contributed by atoms with Crippen LogP contribution in [0.5, 0.6) is 0 Å². The van der Waals surface area contributed by atoms with Crippen molar-refractivity contribution in [2.45, 2.75) is 17.9 Å². The van der Waals surface area contributed by atoms with Crippen LogP contribution in [0.1, 0.15) is 16.5 Å². The summed E-state index contributed by atoms with van der Waals surface area (Å²) in [4.78, 5) is 0.962. The molecule has 2 aromatic rings. The highest BCUT2D eigenvalue weighted by atomic mass is 32.2. The molecule has 102 valence electrons. The number of rotatable bonds is 4. The third-order valence-corrected chi connectivity index (χ3v) is 5.71. The smallest absolute Gasteiger partial charge is 0.180 e. The number of aryl methyl sites for hydroxylation is 1. The van der Waals surface area contributed by atoms with Crippen molar-refractivity contribution in [1.29, 1.82) is 0 Å². The molecule has 0 amide bonds. The van der Waals surface area contributed by atoms with Gasteiger partial charge in [0.15, 0.2) is 9.84 Å². The van der Waals surface area contributed by atoms with E-state index in [1.54, 1.807) is 6.92 Å². The van der Waals surface area contributed by atoms with Crippen molar-refractivity contribution in [3.63, 3.8) is 0 Å². The molecule has 1 unspecified atom stereocenters. The zero-order chi connectivity index (χ0) is 14.0. The first-order valence-electron chi connectivity index (χ1n) is 5.68. The molecule has 0 aliphatic carbocycles. The Morgan fingerprint density at radius 1 is 1.37 bits per heavy atom. The van der Waals surface area contributed by atoms with Gasteiger partial charge in [-0.05, 0) is 42.1 Å². The molecule has 1 heterocycles. The SMILES string of the molecule is Cc1cc(F)ccc1S(=O)(=O)CC(N)c1cccs1. The molecular weight excluding hydrogens is 285 g/mol. The van der Waals surface area contributed by atoms with E-state index in [1.807, 2.05) is 17.5 Å². The number of hydrogen-bond donors (Lipinski definition) is 1. The van der Waals surface area contributed by atoms with Crippen molar-refractivity contribution in [3.05, 3.63) is 52.0 Å². The summed E-state index contributed by atoms with van der Waals surface area (Å²) in [6.45, 7) is 1.58. The normalized spacial score (nSPS) is 13.4. The fourth-order valence-electron chi connectivity index (χ4n) is 1.87. The van der Waals surface area contributed by atoms with Gasteiger partial charge in [0.05, 0.1) is 16.7 Å².